The van der Waals surface area contributed by atoms with E-state index in [9.17, 15) is 4.79 Å². The maximum absolute atomic E-state index is 12.4. The van der Waals surface area contributed by atoms with Crippen LogP contribution in [0.1, 0.15) is 46.0 Å². The van der Waals surface area contributed by atoms with Crippen LogP contribution in [-0.2, 0) is 0 Å². The van der Waals surface area contributed by atoms with Gasteiger partial charge in [-0.15, -0.1) is 0 Å². The summed E-state index contributed by atoms with van der Waals surface area (Å²) in [7, 11) is 0. The zero-order valence-electron chi connectivity index (χ0n) is 11.3. The molecule has 0 bridgehead atoms. The molecule has 1 aliphatic heterocycles. The molecule has 3 heteroatoms. The summed E-state index contributed by atoms with van der Waals surface area (Å²) in [6.45, 7) is 8.27. The van der Waals surface area contributed by atoms with Crippen molar-refractivity contribution in [1.82, 2.24) is 9.80 Å². The molecule has 17 heavy (non-hydrogen) atoms. The van der Waals surface area contributed by atoms with E-state index in [4.69, 9.17) is 0 Å². The number of carbonyl (C=O) groups is 1. The van der Waals surface area contributed by atoms with Crippen LogP contribution < -0.4 is 0 Å². The first-order chi connectivity index (χ1) is 8.20. The van der Waals surface area contributed by atoms with E-state index in [1.807, 2.05) is 0 Å². The molecule has 0 radical (unpaired) electrons. The van der Waals surface area contributed by atoms with Crippen LogP contribution in [0.2, 0.25) is 0 Å². The summed E-state index contributed by atoms with van der Waals surface area (Å²) < 4.78 is 0. The predicted octanol–water partition coefficient (Wildman–Crippen LogP) is 2.96. The molecule has 0 N–H and O–H groups in total. The molecule has 98 valence electrons. The number of rotatable bonds is 4. The average Bonchev–Trinajstić information content (AvgIpc) is 3.11. The fraction of sp³-hybridized carbons (Fsp3) is 0.929. The topological polar surface area (TPSA) is 23.6 Å². The van der Waals surface area contributed by atoms with E-state index in [1.165, 1.54) is 25.7 Å². The minimum absolute atomic E-state index is 0.297. The third-order valence-electron chi connectivity index (χ3n) is 3.87. The van der Waals surface area contributed by atoms with Crippen molar-refractivity contribution in [3.05, 3.63) is 0 Å². The minimum Gasteiger partial charge on any atom is -0.324 e. The molecule has 1 saturated heterocycles. The summed E-state index contributed by atoms with van der Waals surface area (Å²) in [5.41, 5.74) is 0. The number of hydrogen-bond donors (Lipinski definition) is 0. The Labute approximate surface area is 105 Å². The number of urea groups is 1. The third-order valence-corrected chi connectivity index (χ3v) is 3.87. The number of carbonyl (C=O) groups excluding carboxylic acids is 1. The molecule has 1 heterocycles. The van der Waals surface area contributed by atoms with Crippen molar-refractivity contribution >= 4 is 6.03 Å². The van der Waals surface area contributed by atoms with Gasteiger partial charge in [-0.2, -0.15) is 0 Å². The van der Waals surface area contributed by atoms with Gasteiger partial charge < -0.3 is 9.80 Å². The smallest absolute Gasteiger partial charge is 0.320 e. The molecule has 3 nitrogen and oxygen atoms in total. The highest BCUT2D eigenvalue weighted by Crippen LogP contribution is 2.30. The lowest BCUT2D eigenvalue weighted by Crippen LogP contribution is -2.48. The molecule has 0 spiro atoms. The van der Waals surface area contributed by atoms with Crippen molar-refractivity contribution in [2.75, 3.05) is 26.2 Å². The van der Waals surface area contributed by atoms with Crippen LogP contribution in [0.15, 0.2) is 0 Å². The second kappa shape index (κ2) is 5.74. The van der Waals surface area contributed by atoms with Gasteiger partial charge in [0, 0.05) is 26.2 Å². The lowest BCUT2D eigenvalue weighted by molar-refractivity contribution is 0.129. The molecule has 2 fully saturated rings. The number of piperidine rings is 1. The van der Waals surface area contributed by atoms with Crippen molar-refractivity contribution in [3.63, 3.8) is 0 Å². The second-order valence-corrected chi connectivity index (χ2v) is 5.87. The Hall–Kier alpha value is -0.730. The number of amides is 2. The van der Waals surface area contributed by atoms with Crippen molar-refractivity contribution in [2.24, 2.45) is 11.8 Å². The Morgan fingerprint density at radius 2 is 2.12 bits per heavy atom. The Bertz CT molecular complexity index is 263. The fourth-order valence-electron chi connectivity index (χ4n) is 2.71. The molecule has 1 saturated carbocycles. The van der Waals surface area contributed by atoms with E-state index in [0.717, 1.165) is 38.5 Å². The summed E-state index contributed by atoms with van der Waals surface area (Å²) in [4.78, 5) is 16.6. The van der Waals surface area contributed by atoms with Crippen LogP contribution in [0.5, 0.6) is 0 Å². The first-order valence-electron chi connectivity index (χ1n) is 7.24. The van der Waals surface area contributed by atoms with Gasteiger partial charge >= 0.3 is 6.03 Å². The van der Waals surface area contributed by atoms with Gasteiger partial charge in [0.25, 0.3) is 0 Å². The summed E-state index contributed by atoms with van der Waals surface area (Å²) >= 11 is 0. The number of hydrogen-bond acceptors (Lipinski definition) is 1. The van der Waals surface area contributed by atoms with Gasteiger partial charge in [0.1, 0.15) is 0 Å². The largest absolute Gasteiger partial charge is 0.324 e. The molecule has 2 aliphatic rings. The molecule has 0 aromatic rings. The van der Waals surface area contributed by atoms with Crippen LogP contribution in [0, 0.1) is 11.8 Å². The van der Waals surface area contributed by atoms with E-state index in [2.05, 4.69) is 23.6 Å². The maximum Gasteiger partial charge on any atom is 0.320 e. The minimum atomic E-state index is 0.297. The van der Waals surface area contributed by atoms with E-state index in [-0.39, 0.29) is 0 Å². The van der Waals surface area contributed by atoms with E-state index < -0.39 is 0 Å². The lowest BCUT2D eigenvalue weighted by atomic mass is 10.0. The summed E-state index contributed by atoms with van der Waals surface area (Å²) in [5, 5.41) is 0. The van der Waals surface area contributed by atoms with Crippen LogP contribution in [0.25, 0.3) is 0 Å². The van der Waals surface area contributed by atoms with Gasteiger partial charge in [0.15, 0.2) is 0 Å². The molecule has 1 atom stereocenters. The maximum atomic E-state index is 12.4. The van der Waals surface area contributed by atoms with E-state index >= 15 is 0 Å². The standard InChI is InChI=1S/C14H26N2O/c1-3-8-15(11-13-6-7-13)14(17)16-9-4-5-12(2)10-16/h12-13H,3-11H2,1-2H3. The molecule has 1 unspecified atom stereocenters. The normalized spacial score (nSPS) is 24.8. The van der Waals surface area contributed by atoms with Crippen molar-refractivity contribution in [1.29, 1.82) is 0 Å². The molecule has 0 aromatic carbocycles. The Morgan fingerprint density at radius 1 is 1.35 bits per heavy atom. The predicted molar refractivity (Wildman–Crippen MR) is 70.0 cm³/mol. The molecule has 2 amide bonds. The lowest BCUT2D eigenvalue weighted by Gasteiger charge is -2.35. The van der Waals surface area contributed by atoms with Crippen LogP contribution in [0.4, 0.5) is 4.79 Å². The number of likely N-dealkylation sites (tertiary alicyclic amines) is 1. The average molecular weight is 238 g/mol. The Morgan fingerprint density at radius 3 is 2.71 bits per heavy atom. The van der Waals surface area contributed by atoms with E-state index in [1.54, 1.807) is 0 Å². The molecule has 1 aliphatic carbocycles. The zero-order chi connectivity index (χ0) is 12.3. The van der Waals surface area contributed by atoms with Gasteiger partial charge in [-0.25, -0.2) is 4.79 Å². The SMILES string of the molecule is CCCN(CC1CC1)C(=O)N1CCCC(C)C1. The van der Waals surface area contributed by atoms with Gasteiger partial charge in [-0.05, 0) is 43.9 Å². The third kappa shape index (κ3) is 3.62. The molecule has 0 aromatic heterocycles. The zero-order valence-corrected chi connectivity index (χ0v) is 11.3. The number of nitrogens with zero attached hydrogens (tertiary/aromatic N) is 2. The van der Waals surface area contributed by atoms with E-state index in [0.29, 0.717) is 11.9 Å². The Balaban J connectivity index is 1.88. The van der Waals surface area contributed by atoms with Crippen molar-refractivity contribution < 1.29 is 4.79 Å². The summed E-state index contributed by atoms with van der Waals surface area (Å²) in [6, 6.07) is 0.297. The van der Waals surface area contributed by atoms with Gasteiger partial charge in [-0.1, -0.05) is 13.8 Å². The van der Waals surface area contributed by atoms with Crippen molar-refractivity contribution in [3.8, 4) is 0 Å². The van der Waals surface area contributed by atoms with Gasteiger partial charge in [0.05, 0.1) is 0 Å². The first-order valence-corrected chi connectivity index (χ1v) is 7.24. The van der Waals surface area contributed by atoms with Crippen molar-refractivity contribution in [2.45, 2.75) is 46.0 Å². The highest BCUT2D eigenvalue weighted by atomic mass is 16.2. The molecule has 2 rings (SSSR count). The van der Waals surface area contributed by atoms with Crippen LogP contribution in [0.3, 0.4) is 0 Å². The highest BCUT2D eigenvalue weighted by Gasteiger charge is 2.30. The molecular weight excluding hydrogens is 212 g/mol. The monoisotopic (exact) mass is 238 g/mol. The quantitative estimate of drug-likeness (QED) is 0.738. The first kappa shape index (κ1) is 12.7. The van der Waals surface area contributed by atoms with Gasteiger partial charge in [0.2, 0.25) is 0 Å². The summed E-state index contributed by atoms with van der Waals surface area (Å²) in [5.74, 6) is 1.48. The molecular formula is C14H26N2O. The second-order valence-electron chi connectivity index (χ2n) is 5.87. The fourth-order valence-corrected chi connectivity index (χ4v) is 2.71. The van der Waals surface area contributed by atoms with Crippen LogP contribution in [-0.4, -0.2) is 42.0 Å². The highest BCUT2D eigenvalue weighted by molar-refractivity contribution is 5.74. The Kier molecular flexibility index (Phi) is 4.30. The summed E-state index contributed by atoms with van der Waals surface area (Å²) in [6.07, 6.45) is 6.17. The van der Waals surface area contributed by atoms with Gasteiger partial charge in [-0.3, -0.25) is 0 Å². The van der Waals surface area contributed by atoms with Crippen LogP contribution >= 0.6 is 0 Å².